The number of rotatable bonds is 0. The van der Waals surface area contributed by atoms with Crippen molar-refractivity contribution in [1.29, 1.82) is 0 Å². The van der Waals surface area contributed by atoms with Crippen LogP contribution >= 0.6 is 0 Å². The van der Waals surface area contributed by atoms with E-state index in [1.807, 2.05) is 27.7 Å². The van der Waals surface area contributed by atoms with Crippen LogP contribution in [0.25, 0.3) is 0 Å². The Kier molecular flexibility index (Phi) is 32.1. The fourth-order valence-corrected chi connectivity index (χ4v) is 1.13. The van der Waals surface area contributed by atoms with Crippen molar-refractivity contribution in [3.05, 3.63) is 0 Å². The first-order valence-corrected chi connectivity index (χ1v) is 5.71. The third kappa shape index (κ3) is 24.5. The summed E-state index contributed by atoms with van der Waals surface area (Å²) < 4.78 is 0. The summed E-state index contributed by atoms with van der Waals surface area (Å²) in [6.45, 7) is 11.8. The van der Waals surface area contributed by atoms with Crippen molar-refractivity contribution in [2.75, 3.05) is 0 Å². The molecule has 0 aromatic carbocycles. The van der Waals surface area contributed by atoms with E-state index in [0.717, 1.165) is 12.2 Å². The summed E-state index contributed by atoms with van der Waals surface area (Å²) in [6.07, 6.45) is 6.70. The molecule has 82 valence electrons. The second kappa shape index (κ2) is 22.6. The summed E-state index contributed by atoms with van der Waals surface area (Å²) in [6, 6.07) is 0. The van der Waals surface area contributed by atoms with E-state index in [1.54, 1.807) is 0 Å². The Bertz CT molecular complexity index is 63.5. The molecule has 0 aliphatic heterocycles. The highest BCUT2D eigenvalue weighted by molar-refractivity contribution is 5.44. The predicted octanol–water partition coefficient (Wildman–Crippen LogP) is 4.45. The Morgan fingerprint density at radius 1 is 1.00 bits per heavy atom. The minimum absolute atomic E-state index is 0.750. The van der Waals surface area contributed by atoms with Crippen LogP contribution in [0.1, 0.15) is 67.2 Å². The molecule has 0 aromatic rings. The fourth-order valence-electron chi connectivity index (χ4n) is 1.13. The van der Waals surface area contributed by atoms with Crippen LogP contribution in [0.15, 0.2) is 0 Å². The molecule has 0 saturated heterocycles. The minimum Gasteiger partial charge on any atom is -0.304 e. The van der Waals surface area contributed by atoms with Crippen molar-refractivity contribution in [2.24, 2.45) is 5.92 Å². The van der Waals surface area contributed by atoms with E-state index in [1.165, 1.54) is 32.6 Å². The Labute approximate surface area is 84.9 Å². The van der Waals surface area contributed by atoms with E-state index in [-0.39, 0.29) is 0 Å². The van der Waals surface area contributed by atoms with Gasteiger partial charge in [0.25, 0.3) is 0 Å². The Morgan fingerprint density at radius 3 is 1.31 bits per heavy atom. The second-order valence-corrected chi connectivity index (χ2v) is 2.63. The molecule has 0 radical (unpaired) electrons. The van der Waals surface area contributed by atoms with E-state index in [0.29, 0.717) is 0 Å². The van der Waals surface area contributed by atoms with Gasteiger partial charge in [0.2, 0.25) is 0 Å². The van der Waals surface area contributed by atoms with Crippen LogP contribution in [-0.2, 0) is 4.79 Å². The molecule has 0 heterocycles. The highest BCUT2D eigenvalue weighted by Gasteiger charge is 2.07. The Balaban J connectivity index is -0.000000124. The molecule has 1 nitrogen and oxygen atoms in total. The van der Waals surface area contributed by atoms with Gasteiger partial charge >= 0.3 is 0 Å². The quantitative estimate of drug-likeness (QED) is 0.513. The van der Waals surface area contributed by atoms with Gasteiger partial charge in [-0.2, -0.15) is 0 Å². The van der Waals surface area contributed by atoms with Gasteiger partial charge in [0.15, 0.2) is 0 Å². The molecule has 0 aromatic heterocycles. The van der Waals surface area contributed by atoms with Gasteiger partial charge in [-0.1, -0.05) is 60.3 Å². The largest absolute Gasteiger partial charge is 0.304 e. The van der Waals surface area contributed by atoms with Crippen molar-refractivity contribution >= 4 is 6.29 Å². The van der Waals surface area contributed by atoms with Crippen LogP contribution in [0.3, 0.4) is 0 Å². The van der Waals surface area contributed by atoms with Crippen LogP contribution in [-0.4, -0.2) is 6.29 Å². The monoisotopic (exact) mass is 188 g/mol. The van der Waals surface area contributed by atoms with Gasteiger partial charge in [-0.3, -0.25) is 0 Å². The highest BCUT2D eigenvalue weighted by Crippen LogP contribution is 2.22. The summed E-state index contributed by atoms with van der Waals surface area (Å²) >= 11 is 0. The number of hydrogen-bond donors (Lipinski definition) is 0. The van der Waals surface area contributed by atoms with E-state index < -0.39 is 0 Å². The van der Waals surface area contributed by atoms with Gasteiger partial charge in [0, 0.05) is 0 Å². The van der Waals surface area contributed by atoms with Crippen LogP contribution in [0, 0.1) is 5.92 Å². The van der Waals surface area contributed by atoms with Gasteiger partial charge in [-0.05, 0) is 12.8 Å². The first kappa shape index (κ1) is 18.5. The van der Waals surface area contributed by atoms with E-state index in [4.69, 9.17) is 4.79 Å². The zero-order chi connectivity index (χ0) is 11.1. The first-order valence-electron chi connectivity index (χ1n) is 5.71. The van der Waals surface area contributed by atoms with E-state index >= 15 is 0 Å². The van der Waals surface area contributed by atoms with Crippen molar-refractivity contribution in [3.8, 4) is 0 Å². The lowest BCUT2D eigenvalue weighted by molar-refractivity contribution is -0.106. The van der Waals surface area contributed by atoms with E-state index in [2.05, 4.69) is 6.92 Å². The molecule has 0 atom stereocenters. The average Bonchev–Trinajstić information content (AvgIpc) is 2.64. The SMILES string of the molecule is CC.CC.CC1CCCC1.CC=O. The van der Waals surface area contributed by atoms with Crippen molar-refractivity contribution in [3.63, 3.8) is 0 Å². The maximum absolute atomic E-state index is 8.81. The number of hydrogen-bond acceptors (Lipinski definition) is 1. The second-order valence-electron chi connectivity index (χ2n) is 2.63. The molecule has 1 aliphatic carbocycles. The minimum atomic E-state index is 0.750. The van der Waals surface area contributed by atoms with Gasteiger partial charge < -0.3 is 4.79 Å². The Hall–Kier alpha value is -0.330. The zero-order valence-corrected chi connectivity index (χ0v) is 10.4. The number of carbonyl (C=O) groups excluding carboxylic acids is 1. The molecule has 0 bridgehead atoms. The summed E-state index contributed by atoms with van der Waals surface area (Å²) in [7, 11) is 0. The average molecular weight is 188 g/mol. The third-order valence-corrected chi connectivity index (χ3v) is 1.64. The molecular weight excluding hydrogens is 160 g/mol. The van der Waals surface area contributed by atoms with Gasteiger partial charge in [0.05, 0.1) is 0 Å². The predicted molar refractivity (Wildman–Crippen MR) is 62.1 cm³/mol. The van der Waals surface area contributed by atoms with Crippen LogP contribution < -0.4 is 0 Å². The van der Waals surface area contributed by atoms with Crippen LogP contribution in [0.5, 0.6) is 0 Å². The third-order valence-electron chi connectivity index (χ3n) is 1.64. The molecule has 1 fully saturated rings. The fraction of sp³-hybridized carbons (Fsp3) is 0.917. The van der Waals surface area contributed by atoms with Crippen molar-refractivity contribution < 1.29 is 4.79 Å². The van der Waals surface area contributed by atoms with Crippen molar-refractivity contribution in [1.82, 2.24) is 0 Å². The normalized spacial score (nSPS) is 13.7. The van der Waals surface area contributed by atoms with Crippen molar-refractivity contribution in [2.45, 2.75) is 67.2 Å². The standard InChI is InChI=1S/C6H12.C2H4O.2C2H6/c1-6-4-2-3-5-6;1-2-3;2*1-2/h6H,2-5H2,1H3;2H,1H3;2*1-2H3. The Morgan fingerprint density at radius 2 is 1.23 bits per heavy atom. The lowest BCUT2D eigenvalue weighted by Crippen LogP contribution is -1.78. The smallest absolute Gasteiger partial charge is 0.116 e. The maximum atomic E-state index is 8.81. The first-order chi connectivity index (χ1) is 6.31. The summed E-state index contributed by atoms with van der Waals surface area (Å²) in [5.41, 5.74) is 0. The molecule has 1 aliphatic rings. The molecule has 0 unspecified atom stereocenters. The molecule has 0 N–H and O–H groups in total. The molecule has 0 spiro atoms. The molecule has 1 heteroatoms. The molecule has 1 saturated carbocycles. The topological polar surface area (TPSA) is 17.1 Å². The molecule has 13 heavy (non-hydrogen) atoms. The van der Waals surface area contributed by atoms with Gasteiger partial charge in [0.1, 0.15) is 6.29 Å². The summed E-state index contributed by atoms with van der Waals surface area (Å²) in [5, 5.41) is 0. The summed E-state index contributed by atoms with van der Waals surface area (Å²) in [5.74, 6) is 1.05. The molecule has 1 rings (SSSR count). The van der Waals surface area contributed by atoms with Gasteiger partial charge in [-0.15, -0.1) is 0 Å². The molecular formula is C12H28O. The number of aldehydes is 1. The maximum Gasteiger partial charge on any atom is 0.116 e. The lowest BCUT2D eigenvalue weighted by Gasteiger charge is -1.91. The molecule has 0 amide bonds. The van der Waals surface area contributed by atoms with Crippen LogP contribution in [0.4, 0.5) is 0 Å². The lowest BCUT2D eigenvalue weighted by atomic mass is 10.2. The number of carbonyl (C=O) groups is 1. The van der Waals surface area contributed by atoms with Crippen LogP contribution in [0.2, 0.25) is 0 Å². The van der Waals surface area contributed by atoms with E-state index in [9.17, 15) is 0 Å². The summed E-state index contributed by atoms with van der Waals surface area (Å²) in [4.78, 5) is 8.81. The highest BCUT2D eigenvalue weighted by atomic mass is 16.1. The zero-order valence-electron chi connectivity index (χ0n) is 10.4. The van der Waals surface area contributed by atoms with Gasteiger partial charge in [-0.25, -0.2) is 0 Å².